The number of benzene rings is 1. The van der Waals surface area contributed by atoms with E-state index in [1.165, 1.54) is 12.1 Å². The van der Waals surface area contributed by atoms with Gasteiger partial charge >= 0.3 is 0 Å². The van der Waals surface area contributed by atoms with E-state index in [0.29, 0.717) is 18.2 Å². The highest BCUT2D eigenvalue weighted by Gasteiger charge is 2.09. The molecule has 0 saturated carbocycles. The van der Waals surface area contributed by atoms with Crippen molar-refractivity contribution in [1.82, 2.24) is 5.32 Å². The molecular formula is C13H20FNO. The van der Waals surface area contributed by atoms with Crippen molar-refractivity contribution in [2.45, 2.75) is 38.8 Å². The highest BCUT2D eigenvalue weighted by Crippen LogP contribution is 2.13. The number of aliphatic hydroxyl groups excluding tert-OH is 1. The van der Waals surface area contributed by atoms with Crippen LogP contribution in [0, 0.1) is 5.82 Å². The number of rotatable bonds is 6. The summed E-state index contributed by atoms with van der Waals surface area (Å²) >= 11 is 0. The molecule has 0 radical (unpaired) electrons. The minimum Gasteiger partial charge on any atom is -0.387 e. The fourth-order valence-corrected chi connectivity index (χ4v) is 1.68. The second kappa shape index (κ2) is 6.61. The van der Waals surface area contributed by atoms with Gasteiger partial charge in [0.05, 0.1) is 6.10 Å². The van der Waals surface area contributed by atoms with Gasteiger partial charge in [-0.15, -0.1) is 0 Å². The quantitative estimate of drug-likeness (QED) is 0.780. The van der Waals surface area contributed by atoms with E-state index in [-0.39, 0.29) is 5.82 Å². The molecule has 2 atom stereocenters. The molecule has 2 unspecified atom stereocenters. The van der Waals surface area contributed by atoms with Crippen LogP contribution in [0.5, 0.6) is 0 Å². The second-order valence-corrected chi connectivity index (χ2v) is 4.17. The highest BCUT2D eigenvalue weighted by atomic mass is 19.1. The van der Waals surface area contributed by atoms with Crippen molar-refractivity contribution in [1.29, 1.82) is 0 Å². The van der Waals surface area contributed by atoms with Gasteiger partial charge in [-0.3, -0.25) is 0 Å². The van der Waals surface area contributed by atoms with Gasteiger partial charge in [-0.2, -0.15) is 0 Å². The maximum atomic E-state index is 12.9. The molecule has 1 rings (SSSR count). The first-order valence-corrected chi connectivity index (χ1v) is 5.80. The minimum atomic E-state index is -0.644. The van der Waals surface area contributed by atoms with Crippen LogP contribution in [0.15, 0.2) is 24.3 Å². The summed E-state index contributed by atoms with van der Waals surface area (Å²) in [5.41, 5.74) is 0.621. The lowest BCUT2D eigenvalue weighted by atomic mass is 10.1. The van der Waals surface area contributed by atoms with E-state index in [0.717, 1.165) is 12.8 Å². The van der Waals surface area contributed by atoms with Crippen LogP contribution in [0.3, 0.4) is 0 Å². The number of hydrogen-bond donors (Lipinski definition) is 2. The van der Waals surface area contributed by atoms with E-state index in [9.17, 15) is 9.50 Å². The van der Waals surface area contributed by atoms with Crippen molar-refractivity contribution in [3.05, 3.63) is 35.6 Å². The van der Waals surface area contributed by atoms with E-state index in [1.807, 2.05) is 0 Å². The molecule has 0 bridgehead atoms. The van der Waals surface area contributed by atoms with E-state index in [4.69, 9.17) is 0 Å². The minimum absolute atomic E-state index is 0.307. The summed E-state index contributed by atoms with van der Waals surface area (Å²) in [4.78, 5) is 0. The summed E-state index contributed by atoms with van der Waals surface area (Å²) in [7, 11) is 0. The molecule has 2 N–H and O–H groups in total. The van der Waals surface area contributed by atoms with Gasteiger partial charge in [0.15, 0.2) is 0 Å². The Balaban J connectivity index is 2.43. The van der Waals surface area contributed by atoms with Crippen LogP contribution in [0.4, 0.5) is 4.39 Å². The molecule has 0 aromatic heterocycles. The molecule has 90 valence electrons. The largest absolute Gasteiger partial charge is 0.387 e. The molecule has 0 fully saturated rings. The second-order valence-electron chi connectivity index (χ2n) is 4.17. The van der Waals surface area contributed by atoms with Crippen molar-refractivity contribution in [2.24, 2.45) is 0 Å². The number of nitrogens with one attached hydrogen (secondary N) is 1. The standard InChI is InChI=1S/C13H20FNO/c1-3-5-10(2)15-9-13(16)11-6-4-7-12(14)8-11/h4,6-8,10,13,15-16H,3,5,9H2,1-2H3. The topological polar surface area (TPSA) is 32.3 Å². The Morgan fingerprint density at radius 1 is 1.44 bits per heavy atom. The smallest absolute Gasteiger partial charge is 0.123 e. The molecular weight excluding hydrogens is 205 g/mol. The fraction of sp³-hybridized carbons (Fsp3) is 0.538. The Bertz CT molecular complexity index is 317. The Labute approximate surface area is 96.5 Å². The summed E-state index contributed by atoms with van der Waals surface area (Å²) in [6, 6.07) is 6.48. The molecule has 0 heterocycles. The summed E-state index contributed by atoms with van der Waals surface area (Å²) < 4.78 is 12.9. The zero-order valence-corrected chi connectivity index (χ0v) is 9.91. The molecule has 0 aliphatic heterocycles. The van der Waals surface area contributed by atoms with Gasteiger partial charge in [-0.1, -0.05) is 25.5 Å². The molecule has 0 saturated heterocycles. The SMILES string of the molecule is CCCC(C)NCC(O)c1cccc(F)c1. The first kappa shape index (κ1) is 13.1. The summed E-state index contributed by atoms with van der Waals surface area (Å²) in [6.07, 6.45) is 1.55. The summed E-state index contributed by atoms with van der Waals surface area (Å²) in [6.45, 7) is 4.67. The zero-order chi connectivity index (χ0) is 12.0. The van der Waals surface area contributed by atoms with E-state index < -0.39 is 6.10 Å². The van der Waals surface area contributed by atoms with Crippen molar-refractivity contribution >= 4 is 0 Å². The molecule has 16 heavy (non-hydrogen) atoms. The van der Waals surface area contributed by atoms with Crippen molar-refractivity contribution in [3.63, 3.8) is 0 Å². The normalized spacial score (nSPS) is 14.8. The van der Waals surface area contributed by atoms with Crippen LogP contribution in [0.25, 0.3) is 0 Å². The monoisotopic (exact) mass is 225 g/mol. The van der Waals surface area contributed by atoms with E-state index in [1.54, 1.807) is 12.1 Å². The van der Waals surface area contributed by atoms with Gasteiger partial charge < -0.3 is 10.4 Å². The molecule has 0 amide bonds. The van der Waals surface area contributed by atoms with Gasteiger partial charge in [-0.05, 0) is 31.0 Å². The number of hydrogen-bond acceptors (Lipinski definition) is 2. The Hall–Kier alpha value is -0.930. The van der Waals surface area contributed by atoms with Crippen LogP contribution in [0.1, 0.15) is 38.4 Å². The predicted octanol–water partition coefficient (Wildman–Crippen LogP) is 2.64. The molecule has 0 aliphatic carbocycles. The van der Waals surface area contributed by atoms with Crippen molar-refractivity contribution in [3.8, 4) is 0 Å². The third-order valence-electron chi connectivity index (χ3n) is 2.61. The lowest BCUT2D eigenvalue weighted by molar-refractivity contribution is 0.169. The molecule has 3 heteroatoms. The van der Waals surface area contributed by atoms with Gasteiger partial charge in [-0.25, -0.2) is 4.39 Å². The van der Waals surface area contributed by atoms with E-state index >= 15 is 0 Å². The summed E-state index contributed by atoms with van der Waals surface area (Å²) in [5.74, 6) is -0.307. The highest BCUT2D eigenvalue weighted by molar-refractivity contribution is 5.18. The Morgan fingerprint density at radius 3 is 2.81 bits per heavy atom. The molecule has 1 aromatic carbocycles. The third kappa shape index (κ3) is 4.29. The fourth-order valence-electron chi connectivity index (χ4n) is 1.68. The van der Waals surface area contributed by atoms with Crippen LogP contribution >= 0.6 is 0 Å². The van der Waals surface area contributed by atoms with Gasteiger partial charge in [0.1, 0.15) is 5.82 Å². The molecule has 0 spiro atoms. The molecule has 1 aromatic rings. The van der Waals surface area contributed by atoms with Gasteiger partial charge in [0.2, 0.25) is 0 Å². The lowest BCUT2D eigenvalue weighted by Crippen LogP contribution is -2.30. The van der Waals surface area contributed by atoms with Crippen molar-refractivity contribution in [2.75, 3.05) is 6.54 Å². The average Bonchev–Trinajstić information content (AvgIpc) is 2.26. The maximum absolute atomic E-state index is 12.9. The van der Waals surface area contributed by atoms with Gasteiger partial charge in [0.25, 0.3) is 0 Å². The average molecular weight is 225 g/mol. The maximum Gasteiger partial charge on any atom is 0.123 e. The van der Waals surface area contributed by atoms with Crippen LogP contribution < -0.4 is 5.32 Å². The van der Waals surface area contributed by atoms with Gasteiger partial charge in [0, 0.05) is 12.6 Å². The Kier molecular flexibility index (Phi) is 5.43. The van der Waals surface area contributed by atoms with Crippen LogP contribution in [-0.2, 0) is 0 Å². The van der Waals surface area contributed by atoms with Crippen LogP contribution in [-0.4, -0.2) is 17.7 Å². The Morgan fingerprint density at radius 2 is 2.19 bits per heavy atom. The summed E-state index contributed by atoms with van der Waals surface area (Å²) in [5, 5.41) is 13.1. The van der Waals surface area contributed by atoms with E-state index in [2.05, 4.69) is 19.2 Å². The molecule has 0 aliphatic rings. The number of halogens is 1. The lowest BCUT2D eigenvalue weighted by Gasteiger charge is -2.16. The predicted molar refractivity (Wildman–Crippen MR) is 63.7 cm³/mol. The zero-order valence-electron chi connectivity index (χ0n) is 9.91. The third-order valence-corrected chi connectivity index (χ3v) is 2.61. The number of aliphatic hydroxyl groups is 1. The molecule has 2 nitrogen and oxygen atoms in total. The first-order chi connectivity index (χ1) is 7.63. The first-order valence-electron chi connectivity index (χ1n) is 5.80. The van der Waals surface area contributed by atoms with Crippen LogP contribution in [0.2, 0.25) is 0 Å². The van der Waals surface area contributed by atoms with Crippen molar-refractivity contribution < 1.29 is 9.50 Å².